The topological polar surface area (TPSA) is 191 Å². The number of nitrogens with one attached hydrogen (secondary N) is 3. The Morgan fingerprint density at radius 1 is 0.913 bits per heavy atom. The number of rotatable bonds is 17. The number of hydrogen-bond donors (Lipinski definition) is 3. The van der Waals surface area contributed by atoms with E-state index in [2.05, 4.69) is 46.9 Å². The second-order valence-corrected chi connectivity index (χ2v) is 20.4. The zero-order valence-corrected chi connectivity index (χ0v) is 41.9. The second-order valence-electron chi connectivity index (χ2n) is 19.1. The largest absolute Gasteiger partial charge is 0.367 e. The molecule has 2 unspecified atom stereocenters. The quantitative estimate of drug-likeness (QED) is 0.0905. The Hall–Kier alpha value is -6.19. The Bertz CT molecular complexity index is 2630. The van der Waals surface area contributed by atoms with Gasteiger partial charge in [0, 0.05) is 63.3 Å². The van der Waals surface area contributed by atoms with Crippen LogP contribution in [0.3, 0.4) is 0 Å². The molecule has 0 bridgehead atoms. The van der Waals surface area contributed by atoms with Gasteiger partial charge in [0.1, 0.15) is 30.6 Å². The molecule has 3 aromatic heterocycles. The van der Waals surface area contributed by atoms with Crippen LogP contribution in [0.25, 0.3) is 21.7 Å². The van der Waals surface area contributed by atoms with Crippen LogP contribution in [0, 0.1) is 23.7 Å². The van der Waals surface area contributed by atoms with Crippen LogP contribution in [-0.2, 0) is 25.7 Å². The average Bonchev–Trinajstić information content (AvgIpc) is 4.12. The van der Waals surface area contributed by atoms with Crippen LogP contribution < -0.4 is 20.9 Å². The van der Waals surface area contributed by atoms with Gasteiger partial charge in [-0.25, -0.2) is 9.97 Å². The number of hydrogen-bond acceptors (Lipinski definition) is 12. The highest BCUT2D eigenvalue weighted by Crippen LogP contribution is 2.30. The van der Waals surface area contributed by atoms with Gasteiger partial charge in [0.05, 0.1) is 56.6 Å². The van der Waals surface area contributed by atoms with E-state index >= 15 is 0 Å². The second kappa shape index (κ2) is 22.5. The van der Waals surface area contributed by atoms with E-state index < -0.39 is 17.5 Å². The van der Waals surface area contributed by atoms with E-state index in [9.17, 15) is 19.2 Å². The average molecular weight is 977 g/mol. The van der Waals surface area contributed by atoms with Crippen molar-refractivity contribution >= 4 is 52.4 Å². The summed E-state index contributed by atoms with van der Waals surface area (Å²) < 4.78 is 7.77. The van der Waals surface area contributed by atoms with Crippen LogP contribution in [0.1, 0.15) is 87.6 Å². The summed E-state index contributed by atoms with van der Waals surface area (Å²) in [6.07, 6.45) is 4.43. The molecule has 0 spiro atoms. The summed E-state index contributed by atoms with van der Waals surface area (Å²) in [6.45, 7) is 17.8. The highest BCUT2D eigenvalue weighted by molar-refractivity contribution is 7.13. The van der Waals surface area contributed by atoms with Crippen LogP contribution in [0.15, 0.2) is 78.6 Å². The van der Waals surface area contributed by atoms with Gasteiger partial charge < -0.3 is 30.5 Å². The molecular formula is C51H62ClN11O5S. The molecule has 2 aliphatic rings. The number of carbonyl (C=O) groups is 4. The highest BCUT2D eigenvalue weighted by Gasteiger charge is 2.42. The summed E-state index contributed by atoms with van der Waals surface area (Å²) in [5.74, 6) is -0.312. The number of carbonyl (C=O) groups excluding carboxylic acids is 4. The first-order valence-corrected chi connectivity index (χ1v) is 24.7. The molecule has 7 rings (SSSR count). The fraction of sp³-hybridized carbons (Fsp3) is 0.451. The van der Waals surface area contributed by atoms with Crippen molar-refractivity contribution in [1.82, 2.24) is 45.5 Å². The molecule has 2 aliphatic heterocycles. The number of nitrogens with zero attached hydrogens (tertiary/aromatic N) is 8. The summed E-state index contributed by atoms with van der Waals surface area (Å²) >= 11 is 7.80. The van der Waals surface area contributed by atoms with Gasteiger partial charge in [0.25, 0.3) is 5.91 Å². The van der Waals surface area contributed by atoms with Gasteiger partial charge in [-0.2, -0.15) is 10.4 Å². The van der Waals surface area contributed by atoms with Crippen LogP contribution in [0.4, 0.5) is 5.82 Å². The Labute approximate surface area is 413 Å². The minimum Gasteiger partial charge on any atom is -0.367 e. The maximum atomic E-state index is 14.1. The van der Waals surface area contributed by atoms with Crippen molar-refractivity contribution in [2.45, 2.75) is 98.1 Å². The summed E-state index contributed by atoms with van der Waals surface area (Å²) in [6, 6.07) is 18.9. The van der Waals surface area contributed by atoms with Crippen molar-refractivity contribution in [3.05, 3.63) is 106 Å². The van der Waals surface area contributed by atoms with Crippen molar-refractivity contribution in [1.29, 1.82) is 5.26 Å². The van der Waals surface area contributed by atoms with Crippen molar-refractivity contribution in [2.24, 2.45) is 5.41 Å². The molecule has 18 heteroatoms. The first kappa shape index (κ1) is 50.7. The van der Waals surface area contributed by atoms with Gasteiger partial charge in [0.15, 0.2) is 0 Å². The number of likely N-dealkylation sites (tertiary alicyclic amines) is 1. The minimum atomic E-state index is -0.850. The van der Waals surface area contributed by atoms with E-state index in [1.807, 2.05) is 96.6 Å². The number of amides is 4. The molecular weight excluding hydrogens is 914 g/mol. The molecule has 69 heavy (non-hydrogen) atoms. The number of pyridine rings is 1. The number of aryl methyl sites for hydroxylation is 1. The Morgan fingerprint density at radius 3 is 2.30 bits per heavy atom. The maximum Gasteiger partial charge on any atom is 0.253 e. The Morgan fingerprint density at radius 2 is 1.65 bits per heavy atom. The fourth-order valence-electron chi connectivity index (χ4n) is 8.73. The lowest BCUT2D eigenvalue weighted by Crippen LogP contribution is -2.58. The Kier molecular flexibility index (Phi) is 16.5. The molecule has 2 fully saturated rings. The summed E-state index contributed by atoms with van der Waals surface area (Å²) in [7, 11) is 0. The lowest BCUT2D eigenvalue weighted by Gasteiger charge is -2.36. The number of halogens is 1. The summed E-state index contributed by atoms with van der Waals surface area (Å²) in [5, 5.41) is 23.2. The zero-order valence-electron chi connectivity index (χ0n) is 40.4. The van der Waals surface area contributed by atoms with E-state index in [4.69, 9.17) is 21.6 Å². The molecule has 5 heterocycles. The number of piperazine rings is 1. The third-order valence-electron chi connectivity index (χ3n) is 12.6. The van der Waals surface area contributed by atoms with Gasteiger partial charge in [0.2, 0.25) is 17.7 Å². The van der Waals surface area contributed by atoms with E-state index in [-0.39, 0.29) is 48.4 Å². The predicted molar refractivity (Wildman–Crippen MR) is 268 cm³/mol. The van der Waals surface area contributed by atoms with Gasteiger partial charge in [-0.1, -0.05) is 62.7 Å². The molecule has 0 saturated carbocycles. The van der Waals surface area contributed by atoms with Gasteiger partial charge >= 0.3 is 0 Å². The molecule has 4 amide bonds. The zero-order chi connectivity index (χ0) is 49.4. The Balaban J connectivity index is 0.821. The summed E-state index contributed by atoms with van der Waals surface area (Å²) in [4.78, 5) is 70.4. The molecule has 3 N–H and O–H groups in total. The molecule has 0 radical (unpaired) electrons. The standard InChI is InChI=1S/C51H62ClN11O5S/c1-32(28-62-20-18-42(59-62)38-14-15-39(26-53)41(52)25-38)56-48(65)40-16-17-44(54-27-40)61-23-21-60(22-24-61)29-33(2)68-30-45(64)58-47(51(5,6)7)50(67)63-19-8-9-43(63)49(66)57-34(3)36-10-12-37(13-11-36)46-35(4)55-31-69-46/h10-18,20,25,27,31-34,43,47H,8-9,19,21-24,28-30H2,1-7H3,(H,56,65)(H,57,66)(H,58,64)/t32-,33?,34-,43?,47+/m0/s1. The van der Waals surface area contributed by atoms with Crippen molar-refractivity contribution in [2.75, 3.05) is 50.8 Å². The number of ether oxygens (including phenoxy) is 1. The van der Waals surface area contributed by atoms with E-state index in [1.54, 1.807) is 51.4 Å². The summed E-state index contributed by atoms with van der Waals surface area (Å²) in [5.41, 5.74) is 6.62. The van der Waals surface area contributed by atoms with Gasteiger partial charge in [-0.3, -0.25) is 28.8 Å². The highest BCUT2D eigenvalue weighted by atomic mass is 35.5. The monoisotopic (exact) mass is 975 g/mol. The van der Waals surface area contributed by atoms with Crippen LogP contribution in [0.2, 0.25) is 5.02 Å². The number of aromatic nitrogens is 4. The van der Waals surface area contributed by atoms with Crippen LogP contribution in [0.5, 0.6) is 0 Å². The predicted octanol–water partition coefficient (Wildman–Crippen LogP) is 6.65. The normalized spacial score (nSPS) is 17.1. The smallest absolute Gasteiger partial charge is 0.253 e. The number of nitriles is 1. The molecule has 16 nitrogen and oxygen atoms in total. The SMILES string of the molecule is Cc1ncsc1-c1ccc([C@H](C)NC(=O)C2CCCN2C(=O)[C@@H](NC(=O)COC(C)CN2CCN(c3ccc(C(=O)N[C@@H](C)Cn4ccc(-c5ccc(C#N)c(Cl)c5)n4)cn3)CC2)C(C)(C)C)cc1. The number of thiazole rings is 1. The molecule has 364 valence electrons. The lowest BCUT2D eigenvalue weighted by atomic mass is 9.85. The first-order valence-electron chi connectivity index (χ1n) is 23.5. The number of benzene rings is 2. The van der Waals surface area contributed by atoms with Gasteiger partial charge in [-0.15, -0.1) is 11.3 Å². The maximum absolute atomic E-state index is 14.1. The third kappa shape index (κ3) is 12.9. The van der Waals surface area contributed by atoms with E-state index in [0.29, 0.717) is 54.3 Å². The molecule has 5 atom stereocenters. The molecule has 2 aromatic carbocycles. The van der Waals surface area contributed by atoms with Crippen molar-refractivity contribution < 1.29 is 23.9 Å². The fourth-order valence-corrected chi connectivity index (χ4v) is 9.77. The van der Waals surface area contributed by atoms with E-state index in [0.717, 1.165) is 59.3 Å². The van der Waals surface area contributed by atoms with Gasteiger partial charge in [-0.05, 0) is 87.4 Å². The first-order chi connectivity index (χ1) is 33.0. The van der Waals surface area contributed by atoms with Crippen molar-refractivity contribution in [3.63, 3.8) is 0 Å². The van der Waals surface area contributed by atoms with Crippen LogP contribution >= 0.6 is 22.9 Å². The van der Waals surface area contributed by atoms with E-state index in [1.165, 1.54) is 0 Å². The number of anilines is 1. The van der Waals surface area contributed by atoms with Crippen molar-refractivity contribution in [3.8, 4) is 27.8 Å². The third-order valence-corrected chi connectivity index (χ3v) is 13.9. The molecule has 2 saturated heterocycles. The van der Waals surface area contributed by atoms with Crippen LogP contribution in [-0.4, -0.2) is 123 Å². The minimum absolute atomic E-state index is 0.202. The molecule has 5 aromatic rings. The molecule has 0 aliphatic carbocycles. The lowest BCUT2D eigenvalue weighted by molar-refractivity contribution is -0.145.